The molecular weight excluding hydrogens is 320 g/mol. The third-order valence-corrected chi connectivity index (χ3v) is 4.69. The van der Waals surface area contributed by atoms with Crippen LogP contribution in [0.2, 0.25) is 0 Å². The fourth-order valence-electron chi connectivity index (χ4n) is 3.25. The van der Waals surface area contributed by atoms with Crippen LogP contribution in [-0.2, 0) is 11.3 Å². The van der Waals surface area contributed by atoms with Gasteiger partial charge in [0.2, 0.25) is 5.76 Å². The van der Waals surface area contributed by atoms with Gasteiger partial charge in [0, 0.05) is 51.1 Å². The van der Waals surface area contributed by atoms with Gasteiger partial charge in [-0.3, -0.25) is 4.79 Å². The molecular formula is C18H26N4O3. The van der Waals surface area contributed by atoms with Crippen LogP contribution in [0.4, 0.5) is 0 Å². The highest BCUT2D eigenvalue weighted by atomic mass is 16.5. The van der Waals surface area contributed by atoms with Gasteiger partial charge in [-0.25, -0.2) is 4.98 Å². The quantitative estimate of drug-likeness (QED) is 0.804. The first-order valence-electron chi connectivity index (χ1n) is 8.86. The molecule has 3 heterocycles. The molecule has 0 spiro atoms. The standard InChI is InChI=1S/C18H26N4O3/c1-13(2)15-11-16(25-20-15)18(23)22-7-4-5-14(12-22)17-19-6-8-21(17)9-10-24-3/h6,8,11,13-14H,4-5,7,9-10,12H2,1-3H3/t14-/m1/s1. The van der Waals surface area contributed by atoms with Crippen LogP contribution in [0.25, 0.3) is 0 Å². The minimum absolute atomic E-state index is 0.0842. The molecule has 25 heavy (non-hydrogen) atoms. The summed E-state index contributed by atoms with van der Waals surface area (Å²) in [6.45, 7) is 6.88. The molecule has 1 fully saturated rings. The Hall–Kier alpha value is -2.15. The lowest BCUT2D eigenvalue weighted by Crippen LogP contribution is -2.39. The average Bonchev–Trinajstić information content (AvgIpc) is 3.28. The lowest BCUT2D eigenvalue weighted by Gasteiger charge is -2.32. The lowest BCUT2D eigenvalue weighted by molar-refractivity contribution is 0.0660. The van der Waals surface area contributed by atoms with E-state index in [1.807, 2.05) is 31.1 Å². The van der Waals surface area contributed by atoms with Crippen molar-refractivity contribution < 1.29 is 14.1 Å². The molecule has 0 unspecified atom stereocenters. The molecule has 1 aliphatic heterocycles. The molecule has 1 saturated heterocycles. The van der Waals surface area contributed by atoms with E-state index in [4.69, 9.17) is 9.26 Å². The first-order valence-corrected chi connectivity index (χ1v) is 8.86. The first-order chi connectivity index (χ1) is 12.1. The first kappa shape index (κ1) is 17.7. The number of carbonyl (C=O) groups is 1. The number of methoxy groups -OCH3 is 1. The molecule has 0 bridgehead atoms. The zero-order chi connectivity index (χ0) is 17.8. The molecule has 7 heteroatoms. The summed E-state index contributed by atoms with van der Waals surface area (Å²) in [6.07, 6.45) is 5.78. The number of imidazole rings is 1. The van der Waals surface area contributed by atoms with E-state index < -0.39 is 0 Å². The molecule has 2 aromatic rings. The molecule has 3 rings (SSSR count). The Morgan fingerprint density at radius 3 is 3.04 bits per heavy atom. The summed E-state index contributed by atoms with van der Waals surface area (Å²) in [5.41, 5.74) is 0.812. The van der Waals surface area contributed by atoms with Gasteiger partial charge in [-0.1, -0.05) is 19.0 Å². The molecule has 1 aliphatic rings. The van der Waals surface area contributed by atoms with Crippen LogP contribution in [0.3, 0.4) is 0 Å². The van der Waals surface area contributed by atoms with Crippen LogP contribution in [0.15, 0.2) is 23.0 Å². The third-order valence-electron chi connectivity index (χ3n) is 4.69. The lowest BCUT2D eigenvalue weighted by atomic mass is 9.96. The van der Waals surface area contributed by atoms with E-state index in [2.05, 4.69) is 14.7 Å². The van der Waals surface area contributed by atoms with Crippen molar-refractivity contribution in [2.45, 2.75) is 45.1 Å². The van der Waals surface area contributed by atoms with Crippen molar-refractivity contribution in [1.82, 2.24) is 19.6 Å². The number of hydrogen-bond acceptors (Lipinski definition) is 5. The minimum atomic E-state index is -0.0842. The summed E-state index contributed by atoms with van der Waals surface area (Å²) in [6, 6.07) is 1.76. The fourth-order valence-corrected chi connectivity index (χ4v) is 3.25. The Bertz CT molecular complexity index is 707. The summed E-state index contributed by atoms with van der Waals surface area (Å²) in [7, 11) is 1.69. The molecule has 0 N–H and O–H groups in total. The predicted octanol–water partition coefficient (Wildman–Crippen LogP) is 2.66. The number of likely N-dealkylation sites (tertiary alicyclic amines) is 1. The number of ether oxygens (including phenoxy) is 1. The van der Waals surface area contributed by atoms with Crippen molar-refractivity contribution >= 4 is 5.91 Å². The Morgan fingerprint density at radius 1 is 1.48 bits per heavy atom. The molecule has 0 saturated carbocycles. The van der Waals surface area contributed by atoms with Gasteiger partial charge in [0.05, 0.1) is 12.3 Å². The highest BCUT2D eigenvalue weighted by Gasteiger charge is 2.29. The molecule has 2 aromatic heterocycles. The smallest absolute Gasteiger partial charge is 0.292 e. The number of hydrogen-bond donors (Lipinski definition) is 0. The summed E-state index contributed by atoms with van der Waals surface area (Å²) in [5, 5.41) is 4.00. The van der Waals surface area contributed by atoms with E-state index in [1.54, 1.807) is 13.2 Å². The van der Waals surface area contributed by atoms with Gasteiger partial charge in [-0.2, -0.15) is 0 Å². The van der Waals surface area contributed by atoms with Crippen LogP contribution in [0.1, 0.15) is 60.6 Å². The number of amides is 1. The van der Waals surface area contributed by atoms with Gasteiger partial charge < -0.3 is 18.7 Å². The summed E-state index contributed by atoms with van der Waals surface area (Å²) < 4.78 is 12.5. The van der Waals surface area contributed by atoms with Gasteiger partial charge in [0.1, 0.15) is 5.82 Å². The zero-order valence-corrected chi connectivity index (χ0v) is 15.1. The SMILES string of the molecule is COCCn1ccnc1[C@@H]1CCCN(C(=O)c2cc(C(C)C)no2)C1. The number of rotatable bonds is 6. The molecule has 0 radical (unpaired) electrons. The summed E-state index contributed by atoms with van der Waals surface area (Å²) >= 11 is 0. The summed E-state index contributed by atoms with van der Waals surface area (Å²) in [4.78, 5) is 19.1. The van der Waals surface area contributed by atoms with E-state index in [1.165, 1.54) is 0 Å². The molecule has 1 atom stereocenters. The number of aromatic nitrogens is 3. The highest BCUT2D eigenvalue weighted by Crippen LogP contribution is 2.27. The maximum atomic E-state index is 12.8. The van der Waals surface area contributed by atoms with Crippen molar-refractivity contribution in [3.05, 3.63) is 35.7 Å². The molecule has 1 amide bonds. The van der Waals surface area contributed by atoms with Crippen LogP contribution in [0, 0.1) is 0 Å². The number of nitrogens with zero attached hydrogens (tertiary/aromatic N) is 4. The average molecular weight is 346 g/mol. The van der Waals surface area contributed by atoms with E-state index >= 15 is 0 Å². The number of carbonyl (C=O) groups excluding carboxylic acids is 1. The molecule has 7 nitrogen and oxygen atoms in total. The Morgan fingerprint density at radius 2 is 2.32 bits per heavy atom. The Balaban J connectivity index is 1.70. The van der Waals surface area contributed by atoms with Crippen molar-refractivity contribution in [2.24, 2.45) is 0 Å². The van der Waals surface area contributed by atoms with Crippen molar-refractivity contribution in [3.63, 3.8) is 0 Å². The van der Waals surface area contributed by atoms with Crippen molar-refractivity contribution in [2.75, 3.05) is 26.8 Å². The van der Waals surface area contributed by atoms with Gasteiger partial charge in [-0.15, -0.1) is 0 Å². The van der Waals surface area contributed by atoms with Gasteiger partial charge >= 0.3 is 0 Å². The summed E-state index contributed by atoms with van der Waals surface area (Å²) in [5.74, 6) is 1.74. The largest absolute Gasteiger partial charge is 0.383 e. The topological polar surface area (TPSA) is 73.4 Å². The zero-order valence-electron chi connectivity index (χ0n) is 15.1. The van der Waals surface area contributed by atoms with Crippen LogP contribution >= 0.6 is 0 Å². The maximum absolute atomic E-state index is 12.8. The van der Waals surface area contributed by atoms with Crippen molar-refractivity contribution in [1.29, 1.82) is 0 Å². The van der Waals surface area contributed by atoms with Gasteiger partial charge in [0.25, 0.3) is 5.91 Å². The minimum Gasteiger partial charge on any atom is -0.383 e. The second-order valence-electron chi connectivity index (χ2n) is 6.83. The second kappa shape index (κ2) is 7.82. The van der Waals surface area contributed by atoms with E-state index in [0.717, 1.165) is 37.4 Å². The van der Waals surface area contributed by atoms with Crippen molar-refractivity contribution in [3.8, 4) is 0 Å². The molecule has 136 valence electrons. The van der Waals surface area contributed by atoms with Gasteiger partial charge in [0.15, 0.2) is 0 Å². The Labute approximate surface area is 148 Å². The van der Waals surface area contributed by atoms with E-state index in [0.29, 0.717) is 18.9 Å². The van der Waals surface area contributed by atoms with Crippen LogP contribution in [0.5, 0.6) is 0 Å². The van der Waals surface area contributed by atoms with Crippen LogP contribution < -0.4 is 0 Å². The van der Waals surface area contributed by atoms with Gasteiger partial charge in [-0.05, 0) is 18.8 Å². The second-order valence-corrected chi connectivity index (χ2v) is 6.83. The highest BCUT2D eigenvalue weighted by molar-refractivity contribution is 5.91. The normalized spacial score (nSPS) is 18.1. The van der Waals surface area contributed by atoms with Crippen LogP contribution in [-0.4, -0.2) is 52.3 Å². The molecule has 0 aromatic carbocycles. The third kappa shape index (κ3) is 3.92. The molecule has 0 aliphatic carbocycles. The fraction of sp³-hybridized carbons (Fsp3) is 0.611. The predicted molar refractivity (Wildman–Crippen MR) is 92.6 cm³/mol. The number of piperidine rings is 1. The Kier molecular flexibility index (Phi) is 5.53. The van der Waals surface area contributed by atoms with E-state index in [9.17, 15) is 4.79 Å². The maximum Gasteiger partial charge on any atom is 0.292 e. The van der Waals surface area contributed by atoms with E-state index in [-0.39, 0.29) is 17.7 Å². The monoisotopic (exact) mass is 346 g/mol.